The third-order valence-corrected chi connectivity index (χ3v) is 6.00. The molecule has 170 valence electrons. The molecular weight excluding hydrogens is 445 g/mol. The molecule has 3 aromatic rings. The van der Waals surface area contributed by atoms with Crippen LogP contribution in [0, 0.1) is 0 Å². The highest BCUT2D eigenvalue weighted by Gasteiger charge is 2.33. The van der Waals surface area contributed by atoms with Crippen LogP contribution < -0.4 is 14.8 Å². The van der Waals surface area contributed by atoms with Gasteiger partial charge in [-0.1, -0.05) is 11.6 Å². The van der Waals surface area contributed by atoms with Gasteiger partial charge in [0.2, 0.25) is 0 Å². The van der Waals surface area contributed by atoms with Crippen molar-refractivity contribution in [2.24, 2.45) is 0 Å². The third-order valence-electron chi connectivity index (χ3n) is 5.72. The number of halogens is 4. The Morgan fingerprint density at radius 2 is 1.88 bits per heavy atom. The molecule has 0 aliphatic carbocycles. The highest BCUT2D eigenvalue weighted by Crippen LogP contribution is 2.38. The lowest BCUT2D eigenvalue weighted by atomic mass is 10.1. The fourth-order valence-corrected chi connectivity index (χ4v) is 4.40. The molecule has 0 atom stereocenters. The van der Waals surface area contributed by atoms with E-state index in [0.29, 0.717) is 48.3 Å². The smallest absolute Gasteiger partial charge is 0.417 e. The quantitative estimate of drug-likeness (QED) is 0.625. The summed E-state index contributed by atoms with van der Waals surface area (Å²) >= 11 is 6.27. The Kier molecular flexibility index (Phi) is 5.65. The summed E-state index contributed by atoms with van der Waals surface area (Å²) in [5.41, 5.74) is 1.48. The average Bonchev–Trinajstić information content (AvgIpc) is 2.94. The van der Waals surface area contributed by atoms with E-state index in [4.69, 9.17) is 21.1 Å². The molecule has 2 aliphatic rings. The van der Waals surface area contributed by atoms with Gasteiger partial charge in [0.1, 0.15) is 13.2 Å². The van der Waals surface area contributed by atoms with Crippen molar-refractivity contribution in [1.82, 2.24) is 19.6 Å². The van der Waals surface area contributed by atoms with Crippen molar-refractivity contribution >= 4 is 17.2 Å². The second-order valence-corrected chi connectivity index (χ2v) is 8.32. The Bertz CT molecular complexity index is 1140. The molecule has 0 bridgehead atoms. The number of hydrogen-bond acceptors (Lipinski definition) is 5. The van der Waals surface area contributed by atoms with E-state index in [9.17, 15) is 13.2 Å². The van der Waals surface area contributed by atoms with Gasteiger partial charge in [-0.05, 0) is 43.8 Å². The van der Waals surface area contributed by atoms with Crippen molar-refractivity contribution in [3.05, 3.63) is 46.7 Å². The maximum Gasteiger partial charge on any atom is 0.417 e. The van der Waals surface area contributed by atoms with Crippen molar-refractivity contribution in [2.75, 3.05) is 39.4 Å². The van der Waals surface area contributed by atoms with Crippen molar-refractivity contribution in [2.45, 2.75) is 19.1 Å². The van der Waals surface area contributed by atoms with Crippen LogP contribution in [0.1, 0.15) is 17.7 Å². The summed E-state index contributed by atoms with van der Waals surface area (Å²) in [5, 5.41) is 3.31. The van der Waals surface area contributed by atoms with E-state index in [1.54, 1.807) is 6.07 Å². The van der Waals surface area contributed by atoms with Crippen molar-refractivity contribution < 1.29 is 22.6 Å². The van der Waals surface area contributed by atoms with Crippen LogP contribution in [0.4, 0.5) is 13.2 Å². The minimum Gasteiger partial charge on any atom is -0.486 e. The van der Waals surface area contributed by atoms with Crippen molar-refractivity contribution in [3.8, 4) is 22.8 Å². The van der Waals surface area contributed by atoms with Crippen LogP contribution in [0.2, 0.25) is 5.02 Å². The van der Waals surface area contributed by atoms with Gasteiger partial charge < -0.3 is 19.2 Å². The molecular formula is C22H22ClF3N4O2. The van der Waals surface area contributed by atoms with E-state index in [-0.39, 0.29) is 5.02 Å². The number of nitrogens with one attached hydrogen (secondary N) is 1. The number of aromatic nitrogens is 2. The molecule has 0 saturated carbocycles. The summed E-state index contributed by atoms with van der Waals surface area (Å²) in [7, 11) is 0. The van der Waals surface area contributed by atoms with Crippen LogP contribution in [0.5, 0.6) is 11.5 Å². The number of imidazole rings is 1. The molecule has 1 N–H and O–H groups in total. The maximum absolute atomic E-state index is 13.5. The average molecular weight is 467 g/mol. The molecule has 2 aliphatic heterocycles. The highest BCUT2D eigenvalue weighted by atomic mass is 35.5. The normalized spacial score (nSPS) is 17.5. The number of hydrogen-bond donors (Lipinski definition) is 1. The molecule has 0 amide bonds. The lowest BCUT2D eigenvalue weighted by Gasteiger charge is -2.21. The fourth-order valence-electron chi connectivity index (χ4n) is 4.15. The second-order valence-electron chi connectivity index (χ2n) is 7.91. The van der Waals surface area contributed by atoms with Crippen molar-refractivity contribution in [3.63, 3.8) is 0 Å². The monoisotopic (exact) mass is 466 g/mol. The highest BCUT2D eigenvalue weighted by molar-refractivity contribution is 6.33. The second kappa shape index (κ2) is 8.46. The molecule has 0 spiro atoms. The van der Waals surface area contributed by atoms with E-state index in [1.165, 1.54) is 4.40 Å². The van der Waals surface area contributed by atoms with Gasteiger partial charge in [-0.15, -0.1) is 0 Å². The molecule has 6 nitrogen and oxygen atoms in total. The van der Waals surface area contributed by atoms with E-state index in [0.717, 1.165) is 50.4 Å². The lowest BCUT2D eigenvalue weighted by molar-refractivity contribution is -0.137. The zero-order valence-corrected chi connectivity index (χ0v) is 18.0. The predicted molar refractivity (Wildman–Crippen MR) is 114 cm³/mol. The third kappa shape index (κ3) is 4.12. The first-order valence-electron chi connectivity index (χ1n) is 10.5. The van der Waals surface area contributed by atoms with Gasteiger partial charge in [-0.3, -0.25) is 4.90 Å². The van der Waals surface area contributed by atoms with E-state index in [1.807, 2.05) is 12.1 Å². The first kappa shape index (κ1) is 21.4. The fraction of sp³-hybridized carbons (Fsp3) is 0.409. The van der Waals surface area contributed by atoms with Crippen LogP contribution in [0.25, 0.3) is 16.9 Å². The number of pyridine rings is 1. The Balaban J connectivity index is 1.66. The van der Waals surface area contributed by atoms with Gasteiger partial charge in [0, 0.05) is 31.4 Å². The molecule has 1 aromatic carbocycles. The van der Waals surface area contributed by atoms with E-state index < -0.39 is 11.7 Å². The Morgan fingerprint density at radius 1 is 1.06 bits per heavy atom. The summed E-state index contributed by atoms with van der Waals surface area (Å²) in [4.78, 5) is 6.89. The SMILES string of the molecule is FC(F)(F)c1cc(Cl)c2nc(-c3ccc4c(c3)OCCO4)c(CN3CCCNCC3)n2c1. The minimum atomic E-state index is -4.51. The van der Waals surface area contributed by atoms with E-state index in [2.05, 4.69) is 15.2 Å². The Hall–Kier alpha value is -2.49. The summed E-state index contributed by atoms with van der Waals surface area (Å²) in [5.74, 6) is 1.24. The number of benzene rings is 1. The molecule has 0 unspecified atom stereocenters. The molecule has 5 rings (SSSR count). The topological polar surface area (TPSA) is 51.0 Å². The number of fused-ring (bicyclic) bond motifs is 2. The summed E-state index contributed by atoms with van der Waals surface area (Å²) in [6.07, 6.45) is -2.46. The van der Waals surface area contributed by atoms with Gasteiger partial charge >= 0.3 is 6.18 Å². The van der Waals surface area contributed by atoms with Crippen LogP contribution in [0.3, 0.4) is 0 Å². The van der Waals surface area contributed by atoms with Crippen LogP contribution in [-0.4, -0.2) is 53.7 Å². The number of alkyl halides is 3. The van der Waals surface area contributed by atoms with Gasteiger partial charge in [-0.2, -0.15) is 13.2 Å². The first-order valence-corrected chi connectivity index (χ1v) is 10.9. The summed E-state index contributed by atoms with van der Waals surface area (Å²) in [6, 6.07) is 6.40. The van der Waals surface area contributed by atoms with Crippen molar-refractivity contribution in [1.29, 1.82) is 0 Å². The maximum atomic E-state index is 13.5. The number of nitrogens with zero attached hydrogens (tertiary/aromatic N) is 3. The molecule has 32 heavy (non-hydrogen) atoms. The van der Waals surface area contributed by atoms with Gasteiger partial charge in [-0.25, -0.2) is 4.98 Å². The Morgan fingerprint density at radius 3 is 2.69 bits per heavy atom. The largest absolute Gasteiger partial charge is 0.486 e. The Labute approximate surface area is 187 Å². The van der Waals surface area contributed by atoms with Gasteiger partial charge in [0.15, 0.2) is 17.1 Å². The van der Waals surface area contributed by atoms with Crippen LogP contribution in [0.15, 0.2) is 30.5 Å². The molecule has 2 aromatic heterocycles. The summed E-state index contributed by atoms with van der Waals surface area (Å²) < 4.78 is 53.3. The summed E-state index contributed by atoms with van der Waals surface area (Å²) in [6.45, 7) is 4.74. The molecule has 4 heterocycles. The predicted octanol–water partition coefficient (Wildman–Crippen LogP) is 4.24. The zero-order chi connectivity index (χ0) is 22.3. The minimum absolute atomic E-state index is 0.0394. The van der Waals surface area contributed by atoms with Gasteiger partial charge in [0.25, 0.3) is 0 Å². The number of ether oxygens (including phenoxy) is 2. The van der Waals surface area contributed by atoms with Crippen LogP contribution >= 0.6 is 11.6 Å². The zero-order valence-electron chi connectivity index (χ0n) is 17.2. The first-order chi connectivity index (χ1) is 15.4. The molecule has 0 radical (unpaired) electrons. The molecule has 1 saturated heterocycles. The standard InChI is InChI=1S/C22H22ClF3N4O2/c23-16-11-15(22(24,25)26)12-30-17(13-29-6-1-4-27-5-7-29)20(28-21(16)30)14-2-3-18-19(10-14)32-9-8-31-18/h2-3,10-12,27H,1,4-9,13H2. The van der Waals surface area contributed by atoms with Gasteiger partial charge in [0.05, 0.1) is 22.0 Å². The lowest BCUT2D eigenvalue weighted by Crippen LogP contribution is -2.28. The molecule has 10 heteroatoms. The van der Waals surface area contributed by atoms with E-state index >= 15 is 0 Å². The van der Waals surface area contributed by atoms with Crippen LogP contribution in [-0.2, 0) is 12.7 Å². The molecule has 1 fully saturated rings. The number of rotatable bonds is 3.